The van der Waals surface area contributed by atoms with Crippen molar-refractivity contribution in [2.24, 2.45) is 0 Å². The molecule has 0 radical (unpaired) electrons. The van der Waals surface area contributed by atoms with Crippen molar-refractivity contribution in [2.45, 2.75) is 17.9 Å². The number of nitrogens with zero attached hydrogens (tertiary/aromatic N) is 1. The average Bonchev–Trinajstić information content (AvgIpc) is 3.30. The minimum Gasteiger partial charge on any atom is -0.480 e. The Balaban J connectivity index is 2.02. The van der Waals surface area contributed by atoms with Gasteiger partial charge in [-0.2, -0.15) is 4.31 Å². The van der Waals surface area contributed by atoms with Crippen LogP contribution in [-0.2, 0) is 14.8 Å². The molecule has 0 amide bonds. The summed E-state index contributed by atoms with van der Waals surface area (Å²) in [6.07, 6.45) is 0. The van der Waals surface area contributed by atoms with Gasteiger partial charge in [0.15, 0.2) is 0 Å². The molecule has 0 spiro atoms. The number of carbonyl (C=O) groups is 1. The highest BCUT2D eigenvalue weighted by Gasteiger charge is 2.49. The minimum atomic E-state index is -3.75. The van der Waals surface area contributed by atoms with E-state index in [0.29, 0.717) is 0 Å². The van der Waals surface area contributed by atoms with Gasteiger partial charge in [0.1, 0.15) is 6.04 Å². The second kappa shape index (κ2) is 5.23. The van der Waals surface area contributed by atoms with Crippen molar-refractivity contribution in [3.05, 3.63) is 54.1 Å². The molecule has 1 N–H and O–H groups in total. The first kappa shape index (κ1) is 14.7. The van der Waals surface area contributed by atoms with Crippen LogP contribution in [0.5, 0.6) is 0 Å². The van der Waals surface area contributed by atoms with Gasteiger partial charge in [-0.05, 0) is 35.7 Å². The molecular weight excluding hydrogens is 302 g/mol. The largest absolute Gasteiger partial charge is 0.480 e. The summed E-state index contributed by atoms with van der Waals surface area (Å²) in [4.78, 5) is 11.0. The minimum absolute atomic E-state index is 0.0339. The molecule has 2 unspecified atom stereocenters. The monoisotopic (exact) mass is 317 g/mol. The van der Waals surface area contributed by atoms with Crippen LogP contribution in [0.25, 0.3) is 11.1 Å². The van der Waals surface area contributed by atoms with Crippen molar-refractivity contribution >= 4 is 16.0 Å². The first-order valence-corrected chi connectivity index (χ1v) is 8.26. The molecule has 1 aliphatic rings. The Hall–Kier alpha value is -2.18. The third-order valence-electron chi connectivity index (χ3n) is 3.75. The maximum absolute atomic E-state index is 12.5. The van der Waals surface area contributed by atoms with Gasteiger partial charge >= 0.3 is 5.97 Å². The smallest absolute Gasteiger partial charge is 0.323 e. The summed E-state index contributed by atoms with van der Waals surface area (Å²) in [6, 6.07) is 13.4. The molecule has 0 bridgehead atoms. The molecule has 1 saturated heterocycles. The van der Waals surface area contributed by atoms with E-state index in [0.717, 1.165) is 21.0 Å². The first-order chi connectivity index (χ1) is 10.4. The molecule has 0 aliphatic carbocycles. The standard InChI is InChI=1S/C16H15NO4S/c1-11-7-8-13(9-14(11)12-5-3-2-4-6-12)22(20,21)17-10-15(17)16(18)19/h2-9,15H,10H2,1H3,(H,18,19). The lowest BCUT2D eigenvalue weighted by Gasteiger charge is -2.10. The van der Waals surface area contributed by atoms with Gasteiger partial charge in [-0.3, -0.25) is 4.79 Å². The Morgan fingerprint density at radius 2 is 1.86 bits per heavy atom. The van der Waals surface area contributed by atoms with Crippen LogP contribution in [0, 0.1) is 6.92 Å². The highest BCUT2D eigenvalue weighted by atomic mass is 32.2. The fourth-order valence-electron chi connectivity index (χ4n) is 2.42. The van der Waals surface area contributed by atoms with Crippen LogP contribution >= 0.6 is 0 Å². The van der Waals surface area contributed by atoms with Crippen molar-refractivity contribution in [1.29, 1.82) is 0 Å². The zero-order valence-corrected chi connectivity index (χ0v) is 12.7. The number of carboxylic acid groups (broad SMARTS) is 1. The number of aryl methyl sites for hydroxylation is 1. The summed E-state index contributed by atoms with van der Waals surface area (Å²) in [6.45, 7) is 1.95. The fourth-order valence-corrected chi connectivity index (χ4v) is 3.96. The quantitative estimate of drug-likeness (QED) is 0.877. The van der Waals surface area contributed by atoms with Crippen LogP contribution in [0.3, 0.4) is 0 Å². The number of hydrogen-bond acceptors (Lipinski definition) is 3. The van der Waals surface area contributed by atoms with Gasteiger partial charge in [-0.1, -0.05) is 36.4 Å². The molecule has 3 rings (SSSR count). The third-order valence-corrected chi connectivity index (χ3v) is 5.62. The molecule has 6 heteroatoms. The normalized spacial score (nSPS) is 20.6. The van der Waals surface area contributed by atoms with Gasteiger partial charge in [-0.25, -0.2) is 8.42 Å². The van der Waals surface area contributed by atoms with Crippen molar-refractivity contribution in [1.82, 2.24) is 4.31 Å². The van der Waals surface area contributed by atoms with E-state index in [4.69, 9.17) is 5.11 Å². The Morgan fingerprint density at radius 1 is 1.18 bits per heavy atom. The van der Waals surface area contributed by atoms with Gasteiger partial charge < -0.3 is 5.11 Å². The van der Waals surface area contributed by atoms with Crippen molar-refractivity contribution in [3.63, 3.8) is 0 Å². The summed E-state index contributed by atoms with van der Waals surface area (Å²) in [5.41, 5.74) is 2.72. The van der Waals surface area contributed by atoms with E-state index >= 15 is 0 Å². The van der Waals surface area contributed by atoms with E-state index in [-0.39, 0.29) is 11.4 Å². The van der Waals surface area contributed by atoms with Crippen LogP contribution in [0.2, 0.25) is 0 Å². The molecule has 1 aliphatic heterocycles. The van der Waals surface area contributed by atoms with Crippen LogP contribution in [0.15, 0.2) is 53.4 Å². The van der Waals surface area contributed by atoms with Gasteiger partial charge in [0.25, 0.3) is 0 Å². The molecular formula is C16H15NO4S. The molecule has 2 aromatic rings. The van der Waals surface area contributed by atoms with Gasteiger partial charge in [-0.15, -0.1) is 0 Å². The summed E-state index contributed by atoms with van der Waals surface area (Å²) in [5.74, 6) is -1.11. The second-order valence-electron chi connectivity index (χ2n) is 5.27. The predicted octanol–water partition coefficient (Wildman–Crippen LogP) is 2.12. The van der Waals surface area contributed by atoms with E-state index in [1.54, 1.807) is 12.1 Å². The Morgan fingerprint density at radius 3 is 2.45 bits per heavy atom. The van der Waals surface area contributed by atoms with E-state index in [1.165, 1.54) is 6.07 Å². The molecule has 114 valence electrons. The summed E-state index contributed by atoms with van der Waals surface area (Å²) < 4.78 is 25.9. The summed E-state index contributed by atoms with van der Waals surface area (Å²) >= 11 is 0. The number of carboxylic acids is 1. The Labute approximate surface area is 128 Å². The maximum atomic E-state index is 12.5. The van der Waals surface area contributed by atoms with E-state index in [2.05, 4.69) is 0 Å². The fraction of sp³-hybridized carbons (Fsp3) is 0.188. The van der Waals surface area contributed by atoms with Crippen LogP contribution in [0.4, 0.5) is 0 Å². The number of aliphatic carboxylic acids is 1. The van der Waals surface area contributed by atoms with Crippen molar-refractivity contribution in [3.8, 4) is 11.1 Å². The predicted molar refractivity (Wildman–Crippen MR) is 81.9 cm³/mol. The van der Waals surface area contributed by atoms with Crippen molar-refractivity contribution in [2.75, 3.05) is 6.54 Å². The van der Waals surface area contributed by atoms with E-state index in [1.807, 2.05) is 37.3 Å². The summed E-state index contributed by atoms with van der Waals surface area (Å²) in [7, 11) is -3.75. The lowest BCUT2D eigenvalue weighted by atomic mass is 10.0. The lowest BCUT2D eigenvalue weighted by molar-refractivity contribution is -0.136. The topological polar surface area (TPSA) is 74.5 Å². The van der Waals surface area contributed by atoms with Crippen LogP contribution in [0.1, 0.15) is 5.56 Å². The van der Waals surface area contributed by atoms with Gasteiger partial charge in [0.05, 0.1) is 4.90 Å². The molecule has 1 fully saturated rings. The maximum Gasteiger partial charge on any atom is 0.323 e. The molecule has 2 atom stereocenters. The number of benzene rings is 2. The molecule has 5 nitrogen and oxygen atoms in total. The molecule has 22 heavy (non-hydrogen) atoms. The first-order valence-electron chi connectivity index (χ1n) is 6.82. The highest BCUT2D eigenvalue weighted by Crippen LogP contribution is 2.32. The Kier molecular flexibility index (Phi) is 3.50. The van der Waals surface area contributed by atoms with E-state index in [9.17, 15) is 13.2 Å². The van der Waals surface area contributed by atoms with Crippen molar-refractivity contribution < 1.29 is 18.3 Å². The number of rotatable bonds is 4. The SMILES string of the molecule is Cc1ccc(S(=O)(=O)N2CC2C(=O)O)cc1-c1ccccc1. The zero-order valence-electron chi connectivity index (χ0n) is 11.9. The number of sulfonamides is 1. The average molecular weight is 317 g/mol. The third kappa shape index (κ3) is 2.51. The molecule has 0 aromatic heterocycles. The Bertz CT molecular complexity index is 830. The second-order valence-corrected chi connectivity index (χ2v) is 7.16. The van der Waals surface area contributed by atoms with Gasteiger partial charge in [0, 0.05) is 6.54 Å². The van der Waals surface area contributed by atoms with Crippen LogP contribution < -0.4 is 0 Å². The lowest BCUT2D eigenvalue weighted by Crippen LogP contribution is -2.19. The van der Waals surface area contributed by atoms with Crippen LogP contribution in [-0.4, -0.2) is 36.4 Å². The number of hydrogen-bond donors (Lipinski definition) is 1. The molecule has 0 saturated carbocycles. The highest BCUT2D eigenvalue weighted by molar-refractivity contribution is 7.89. The zero-order chi connectivity index (χ0) is 15.9. The van der Waals surface area contributed by atoms with E-state index < -0.39 is 22.0 Å². The summed E-state index contributed by atoms with van der Waals surface area (Å²) in [5, 5.41) is 8.90. The molecule has 1 heterocycles. The molecule has 2 aromatic carbocycles. The van der Waals surface area contributed by atoms with Gasteiger partial charge in [0.2, 0.25) is 10.0 Å².